The molecule has 1 fully saturated rings. The van der Waals surface area contributed by atoms with E-state index in [2.05, 4.69) is 4.98 Å². The monoisotopic (exact) mass is 351 g/mol. The number of pyridine rings is 1. The lowest BCUT2D eigenvalue weighted by Gasteiger charge is -2.18. The van der Waals surface area contributed by atoms with Crippen molar-refractivity contribution in [3.05, 3.63) is 54.1 Å². The van der Waals surface area contributed by atoms with Crippen LogP contribution in [0.25, 0.3) is 5.52 Å². The summed E-state index contributed by atoms with van der Waals surface area (Å²) < 4.78 is 12.6. The molecule has 1 aliphatic rings. The molecule has 0 bridgehead atoms. The Hall–Kier alpha value is -3.02. The van der Waals surface area contributed by atoms with Crippen LogP contribution in [-0.2, 0) is 0 Å². The molecule has 0 atom stereocenters. The second kappa shape index (κ2) is 6.37. The number of anilines is 1. The number of imidazole rings is 1. The molecule has 0 unspecified atom stereocenters. The minimum absolute atomic E-state index is 0.146. The number of nitrogens with zero attached hydrogens (tertiary/aromatic N) is 3. The van der Waals surface area contributed by atoms with E-state index < -0.39 is 0 Å². The van der Waals surface area contributed by atoms with Gasteiger partial charge in [-0.1, -0.05) is 6.07 Å². The number of hydrogen-bond donors (Lipinski definition) is 0. The Morgan fingerprint density at radius 1 is 1.15 bits per heavy atom. The van der Waals surface area contributed by atoms with Crippen LogP contribution in [0.4, 0.5) is 5.69 Å². The van der Waals surface area contributed by atoms with Crippen molar-refractivity contribution in [3.63, 3.8) is 0 Å². The summed E-state index contributed by atoms with van der Waals surface area (Å²) in [5, 5.41) is 0. The molecular weight excluding hydrogens is 330 g/mol. The molecule has 1 aliphatic carbocycles. The average Bonchev–Trinajstić information content (AvgIpc) is 3.46. The fourth-order valence-corrected chi connectivity index (χ4v) is 3.16. The highest BCUT2D eigenvalue weighted by atomic mass is 16.5. The molecular formula is C20H21N3O3. The fraction of sp³-hybridized carbons (Fsp3) is 0.300. The molecule has 1 saturated carbocycles. The standard InChI is InChI=1S/C20H21N3O3/c1-22(14-9-10-16(25-2)17(12-14)26-3)20(24)18-15-6-4-5-11-23(15)19(21-18)13-7-8-13/h4-6,9-13H,7-8H2,1-3H3. The van der Waals surface area contributed by atoms with E-state index >= 15 is 0 Å². The van der Waals surface area contributed by atoms with Crippen molar-refractivity contribution in [1.82, 2.24) is 9.38 Å². The van der Waals surface area contributed by atoms with Crippen molar-refractivity contribution in [1.29, 1.82) is 0 Å². The van der Waals surface area contributed by atoms with E-state index in [0.717, 1.165) is 29.9 Å². The van der Waals surface area contributed by atoms with Crippen molar-refractivity contribution in [2.75, 3.05) is 26.2 Å². The van der Waals surface area contributed by atoms with Crippen LogP contribution >= 0.6 is 0 Å². The van der Waals surface area contributed by atoms with Gasteiger partial charge in [-0.15, -0.1) is 0 Å². The molecule has 0 N–H and O–H groups in total. The summed E-state index contributed by atoms with van der Waals surface area (Å²) in [6, 6.07) is 11.2. The molecule has 0 aliphatic heterocycles. The lowest BCUT2D eigenvalue weighted by Crippen LogP contribution is -2.26. The predicted molar refractivity (Wildman–Crippen MR) is 99.4 cm³/mol. The van der Waals surface area contributed by atoms with Crippen molar-refractivity contribution in [2.45, 2.75) is 18.8 Å². The summed E-state index contributed by atoms with van der Waals surface area (Å²) in [5.74, 6) is 2.49. The summed E-state index contributed by atoms with van der Waals surface area (Å²) >= 11 is 0. The quantitative estimate of drug-likeness (QED) is 0.706. The largest absolute Gasteiger partial charge is 0.493 e. The van der Waals surface area contributed by atoms with Crippen LogP contribution in [0.3, 0.4) is 0 Å². The van der Waals surface area contributed by atoms with E-state index in [1.54, 1.807) is 38.3 Å². The predicted octanol–water partition coefficient (Wildman–Crippen LogP) is 3.51. The molecule has 2 heterocycles. The first-order chi connectivity index (χ1) is 12.6. The van der Waals surface area contributed by atoms with Crippen LogP contribution in [-0.4, -0.2) is 36.6 Å². The maximum Gasteiger partial charge on any atom is 0.278 e. The molecule has 6 heteroatoms. The summed E-state index contributed by atoms with van der Waals surface area (Å²) in [7, 11) is 4.91. The Morgan fingerprint density at radius 3 is 2.62 bits per heavy atom. The number of ether oxygens (including phenoxy) is 2. The van der Waals surface area contributed by atoms with Crippen molar-refractivity contribution in [2.24, 2.45) is 0 Å². The summed E-state index contributed by atoms with van der Waals surface area (Å²) in [6.07, 6.45) is 4.24. The molecule has 26 heavy (non-hydrogen) atoms. The number of benzene rings is 1. The molecule has 2 aromatic heterocycles. The van der Waals surface area contributed by atoms with Gasteiger partial charge in [0, 0.05) is 30.9 Å². The first kappa shape index (κ1) is 16.4. The lowest BCUT2D eigenvalue weighted by molar-refractivity contribution is 0.0990. The lowest BCUT2D eigenvalue weighted by atomic mass is 10.2. The number of fused-ring (bicyclic) bond motifs is 1. The smallest absolute Gasteiger partial charge is 0.278 e. The van der Waals surface area contributed by atoms with E-state index in [9.17, 15) is 4.79 Å². The zero-order valence-corrected chi connectivity index (χ0v) is 15.1. The van der Waals surface area contributed by atoms with E-state index in [-0.39, 0.29) is 5.91 Å². The molecule has 134 valence electrons. The van der Waals surface area contributed by atoms with Gasteiger partial charge in [-0.3, -0.25) is 4.79 Å². The Morgan fingerprint density at radius 2 is 1.92 bits per heavy atom. The number of carbonyl (C=O) groups is 1. The molecule has 1 amide bonds. The SMILES string of the molecule is COc1ccc(N(C)C(=O)c2nc(C3CC3)n3ccccc23)cc1OC. The number of rotatable bonds is 5. The first-order valence-corrected chi connectivity index (χ1v) is 8.61. The Labute approximate surface area is 152 Å². The molecule has 1 aromatic carbocycles. The summed E-state index contributed by atoms with van der Waals surface area (Å²) in [6.45, 7) is 0. The Balaban J connectivity index is 1.73. The first-order valence-electron chi connectivity index (χ1n) is 8.61. The van der Waals surface area contributed by atoms with E-state index in [1.165, 1.54) is 0 Å². The molecule has 0 spiro atoms. The number of hydrogen-bond acceptors (Lipinski definition) is 4. The van der Waals surface area contributed by atoms with Crippen LogP contribution in [0.2, 0.25) is 0 Å². The Kier molecular flexibility index (Phi) is 4.03. The highest BCUT2D eigenvalue weighted by Crippen LogP contribution is 2.40. The topological polar surface area (TPSA) is 56.1 Å². The van der Waals surface area contributed by atoms with E-state index in [4.69, 9.17) is 9.47 Å². The molecule has 0 saturated heterocycles. The van der Waals surface area contributed by atoms with Crippen LogP contribution in [0.5, 0.6) is 11.5 Å². The third-order valence-corrected chi connectivity index (χ3v) is 4.78. The molecule has 0 radical (unpaired) electrons. The minimum atomic E-state index is -0.146. The van der Waals surface area contributed by atoms with Gasteiger partial charge in [-0.2, -0.15) is 0 Å². The van der Waals surface area contributed by atoms with E-state index in [0.29, 0.717) is 23.1 Å². The third kappa shape index (κ3) is 2.67. The van der Waals surface area contributed by atoms with Crippen LogP contribution in [0, 0.1) is 0 Å². The number of aromatic nitrogens is 2. The maximum absolute atomic E-state index is 13.1. The number of methoxy groups -OCH3 is 2. The van der Waals surface area contributed by atoms with Gasteiger partial charge in [-0.05, 0) is 37.1 Å². The number of carbonyl (C=O) groups excluding carboxylic acids is 1. The van der Waals surface area contributed by atoms with Gasteiger partial charge < -0.3 is 18.8 Å². The molecule has 4 rings (SSSR count). The highest BCUT2D eigenvalue weighted by molar-refractivity contribution is 6.09. The third-order valence-electron chi connectivity index (χ3n) is 4.78. The van der Waals surface area contributed by atoms with Gasteiger partial charge in [0.15, 0.2) is 17.2 Å². The highest BCUT2D eigenvalue weighted by Gasteiger charge is 2.31. The van der Waals surface area contributed by atoms with Crippen LogP contribution in [0.15, 0.2) is 42.6 Å². The van der Waals surface area contributed by atoms with Gasteiger partial charge in [0.1, 0.15) is 5.82 Å². The van der Waals surface area contributed by atoms with Gasteiger partial charge in [-0.25, -0.2) is 4.98 Å². The average molecular weight is 351 g/mol. The van der Waals surface area contributed by atoms with Crippen molar-refractivity contribution in [3.8, 4) is 11.5 Å². The maximum atomic E-state index is 13.1. The van der Waals surface area contributed by atoms with Gasteiger partial charge in [0.25, 0.3) is 5.91 Å². The Bertz CT molecular complexity index is 976. The number of amides is 1. The summed E-state index contributed by atoms with van der Waals surface area (Å²) in [5.41, 5.74) is 2.04. The second-order valence-corrected chi connectivity index (χ2v) is 6.45. The van der Waals surface area contributed by atoms with Gasteiger partial charge in [0.05, 0.1) is 19.7 Å². The van der Waals surface area contributed by atoms with Crippen molar-refractivity contribution >= 4 is 17.1 Å². The van der Waals surface area contributed by atoms with Crippen LogP contribution in [0.1, 0.15) is 35.1 Å². The minimum Gasteiger partial charge on any atom is -0.493 e. The van der Waals surface area contributed by atoms with E-state index in [1.807, 2.05) is 34.9 Å². The molecule has 3 aromatic rings. The van der Waals surface area contributed by atoms with Gasteiger partial charge >= 0.3 is 0 Å². The summed E-state index contributed by atoms with van der Waals surface area (Å²) in [4.78, 5) is 19.4. The normalized spacial score (nSPS) is 13.7. The fourth-order valence-electron chi connectivity index (χ4n) is 3.16. The second-order valence-electron chi connectivity index (χ2n) is 6.45. The molecule has 6 nitrogen and oxygen atoms in total. The van der Waals surface area contributed by atoms with Crippen LogP contribution < -0.4 is 14.4 Å². The zero-order chi connectivity index (χ0) is 18.3. The van der Waals surface area contributed by atoms with Crippen molar-refractivity contribution < 1.29 is 14.3 Å². The van der Waals surface area contributed by atoms with Gasteiger partial charge in [0.2, 0.25) is 0 Å². The zero-order valence-electron chi connectivity index (χ0n) is 15.1.